The van der Waals surface area contributed by atoms with Gasteiger partial charge in [0.15, 0.2) is 0 Å². The molecule has 3 nitrogen and oxygen atoms in total. The van der Waals surface area contributed by atoms with Gasteiger partial charge in [0.05, 0.1) is 5.75 Å². The Hall–Kier alpha value is -1.68. The summed E-state index contributed by atoms with van der Waals surface area (Å²) in [5.41, 5.74) is 0. The minimum atomic E-state index is 0.176. The molecule has 104 valence electrons. The predicted octanol–water partition coefficient (Wildman–Crippen LogP) is 3.26. The topological polar surface area (TPSA) is 40.5 Å². The van der Waals surface area contributed by atoms with Crippen molar-refractivity contribution in [1.29, 1.82) is 0 Å². The molecule has 1 N–H and O–H groups in total. The molecular formula is C16H17NO2S. The third kappa shape index (κ3) is 2.61. The van der Waals surface area contributed by atoms with Crippen LogP contribution in [0.4, 0.5) is 0 Å². The molecule has 1 amide bonds. The van der Waals surface area contributed by atoms with E-state index in [1.165, 1.54) is 11.8 Å². The number of nitrogens with zero attached hydrogens (tertiary/aromatic N) is 1. The maximum Gasteiger partial charge on any atom is 0.232 e. The molecule has 0 spiro atoms. The van der Waals surface area contributed by atoms with Gasteiger partial charge in [0.1, 0.15) is 5.75 Å². The highest BCUT2D eigenvalue weighted by molar-refractivity contribution is 8.00. The van der Waals surface area contributed by atoms with E-state index in [4.69, 9.17) is 0 Å². The van der Waals surface area contributed by atoms with Crippen LogP contribution in [-0.2, 0) is 4.79 Å². The zero-order valence-electron chi connectivity index (χ0n) is 11.4. The highest BCUT2D eigenvalue weighted by atomic mass is 32.2. The van der Waals surface area contributed by atoms with Gasteiger partial charge in [-0.05, 0) is 30.4 Å². The molecule has 1 saturated carbocycles. The second-order valence-electron chi connectivity index (χ2n) is 5.15. The summed E-state index contributed by atoms with van der Waals surface area (Å²) in [7, 11) is 1.88. The Balaban J connectivity index is 1.77. The minimum absolute atomic E-state index is 0.176. The second kappa shape index (κ2) is 5.37. The minimum Gasteiger partial charge on any atom is -0.507 e. The molecule has 0 saturated heterocycles. The molecule has 0 unspecified atom stereocenters. The molecule has 0 atom stereocenters. The second-order valence-corrected chi connectivity index (χ2v) is 6.17. The van der Waals surface area contributed by atoms with Crippen molar-refractivity contribution in [2.24, 2.45) is 0 Å². The van der Waals surface area contributed by atoms with Crippen LogP contribution in [0.15, 0.2) is 41.3 Å². The van der Waals surface area contributed by atoms with Gasteiger partial charge in [-0.15, -0.1) is 11.8 Å². The zero-order chi connectivity index (χ0) is 14.1. The molecule has 0 aromatic heterocycles. The molecule has 0 aliphatic heterocycles. The van der Waals surface area contributed by atoms with E-state index in [1.807, 2.05) is 42.3 Å². The molecule has 3 rings (SSSR count). The fourth-order valence-corrected chi connectivity index (χ4v) is 3.27. The number of hydrogen-bond donors (Lipinski definition) is 1. The lowest BCUT2D eigenvalue weighted by Crippen LogP contribution is -2.30. The van der Waals surface area contributed by atoms with E-state index in [9.17, 15) is 9.90 Å². The third-order valence-corrected chi connectivity index (χ3v) is 4.76. The fraction of sp³-hybridized carbons (Fsp3) is 0.312. The number of fused-ring (bicyclic) bond motifs is 1. The summed E-state index contributed by atoms with van der Waals surface area (Å²) in [6.07, 6.45) is 2.27. The number of carbonyl (C=O) groups is 1. The summed E-state index contributed by atoms with van der Waals surface area (Å²) >= 11 is 1.54. The summed E-state index contributed by atoms with van der Waals surface area (Å²) in [5, 5.41) is 11.7. The van der Waals surface area contributed by atoms with Gasteiger partial charge < -0.3 is 10.0 Å². The van der Waals surface area contributed by atoms with Gasteiger partial charge in [-0.2, -0.15) is 0 Å². The Morgan fingerprint density at radius 3 is 2.65 bits per heavy atom. The van der Waals surface area contributed by atoms with E-state index in [0.717, 1.165) is 28.5 Å². The van der Waals surface area contributed by atoms with Crippen LogP contribution in [-0.4, -0.2) is 34.8 Å². The van der Waals surface area contributed by atoms with E-state index in [1.54, 1.807) is 6.07 Å². The normalized spacial score (nSPS) is 14.4. The van der Waals surface area contributed by atoms with Crippen LogP contribution in [0.1, 0.15) is 12.8 Å². The van der Waals surface area contributed by atoms with E-state index in [2.05, 4.69) is 0 Å². The summed E-state index contributed by atoms with van der Waals surface area (Å²) in [6.45, 7) is 0. The first-order valence-corrected chi connectivity index (χ1v) is 7.74. The largest absolute Gasteiger partial charge is 0.507 e. The number of amides is 1. The lowest BCUT2D eigenvalue weighted by molar-refractivity contribution is -0.127. The van der Waals surface area contributed by atoms with Crippen LogP contribution in [0, 0.1) is 0 Å². The third-order valence-electron chi connectivity index (χ3n) is 3.70. The van der Waals surface area contributed by atoms with Crippen molar-refractivity contribution in [3.63, 3.8) is 0 Å². The lowest BCUT2D eigenvalue weighted by atomic mass is 10.1. The lowest BCUT2D eigenvalue weighted by Gasteiger charge is -2.16. The van der Waals surface area contributed by atoms with Gasteiger partial charge in [0, 0.05) is 23.4 Å². The molecule has 0 radical (unpaired) electrons. The highest BCUT2D eigenvalue weighted by Gasteiger charge is 2.29. The molecule has 1 aliphatic carbocycles. The maximum atomic E-state index is 12.1. The number of phenols is 1. The number of benzene rings is 2. The molecule has 0 bridgehead atoms. The number of hydrogen-bond acceptors (Lipinski definition) is 3. The van der Waals surface area contributed by atoms with Crippen molar-refractivity contribution in [2.45, 2.75) is 23.8 Å². The van der Waals surface area contributed by atoms with E-state index < -0.39 is 0 Å². The SMILES string of the molecule is CN(C(=O)CSc1ccc(O)c2ccccc12)C1CC1. The summed E-state index contributed by atoms with van der Waals surface area (Å²) < 4.78 is 0. The summed E-state index contributed by atoms with van der Waals surface area (Å²) in [5.74, 6) is 0.905. The molecule has 0 heterocycles. The molecule has 1 aliphatic rings. The van der Waals surface area contributed by atoms with Crippen molar-refractivity contribution in [3.05, 3.63) is 36.4 Å². The van der Waals surface area contributed by atoms with Crippen molar-refractivity contribution in [1.82, 2.24) is 4.90 Å². The van der Waals surface area contributed by atoms with Crippen molar-refractivity contribution in [2.75, 3.05) is 12.8 Å². The quantitative estimate of drug-likeness (QED) is 0.878. The average Bonchev–Trinajstić information content (AvgIpc) is 3.30. The molecule has 2 aromatic carbocycles. The van der Waals surface area contributed by atoms with Crippen LogP contribution in [0.3, 0.4) is 0 Å². The predicted molar refractivity (Wildman–Crippen MR) is 82.1 cm³/mol. The first-order chi connectivity index (χ1) is 9.66. The number of carbonyl (C=O) groups excluding carboxylic acids is 1. The van der Waals surface area contributed by atoms with Gasteiger partial charge >= 0.3 is 0 Å². The Labute approximate surface area is 122 Å². The van der Waals surface area contributed by atoms with Crippen molar-refractivity contribution >= 4 is 28.4 Å². The first-order valence-electron chi connectivity index (χ1n) is 6.76. The Morgan fingerprint density at radius 1 is 1.25 bits per heavy atom. The first kappa shape index (κ1) is 13.3. The zero-order valence-corrected chi connectivity index (χ0v) is 12.2. The number of phenolic OH excluding ortho intramolecular Hbond substituents is 1. The van der Waals surface area contributed by atoms with Gasteiger partial charge in [0.2, 0.25) is 5.91 Å². The molecule has 2 aromatic rings. The van der Waals surface area contributed by atoms with Crippen LogP contribution >= 0.6 is 11.8 Å². The number of rotatable bonds is 4. The Kier molecular flexibility index (Phi) is 3.57. The fourth-order valence-electron chi connectivity index (χ4n) is 2.29. The molecule has 4 heteroatoms. The van der Waals surface area contributed by atoms with E-state index >= 15 is 0 Å². The van der Waals surface area contributed by atoms with Gasteiger partial charge in [-0.3, -0.25) is 4.79 Å². The highest BCUT2D eigenvalue weighted by Crippen LogP contribution is 2.34. The Morgan fingerprint density at radius 2 is 1.95 bits per heavy atom. The smallest absolute Gasteiger partial charge is 0.232 e. The number of thioether (sulfide) groups is 1. The molecule has 1 fully saturated rings. The molecule has 20 heavy (non-hydrogen) atoms. The van der Waals surface area contributed by atoms with Gasteiger partial charge in [-0.25, -0.2) is 0 Å². The van der Waals surface area contributed by atoms with Crippen LogP contribution in [0.2, 0.25) is 0 Å². The van der Waals surface area contributed by atoms with Crippen LogP contribution in [0.5, 0.6) is 5.75 Å². The van der Waals surface area contributed by atoms with Gasteiger partial charge in [-0.1, -0.05) is 24.3 Å². The summed E-state index contributed by atoms with van der Waals surface area (Å²) in [6, 6.07) is 11.8. The Bertz CT molecular complexity index is 652. The van der Waals surface area contributed by atoms with E-state index in [-0.39, 0.29) is 11.7 Å². The van der Waals surface area contributed by atoms with Crippen molar-refractivity contribution in [3.8, 4) is 5.75 Å². The monoisotopic (exact) mass is 287 g/mol. The van der Waals surface area contributed by atoms with Gasteiger partial charge in [0.25, 0.3) is 0 Å². The van der Waals surface area contributed by atoms with Crippen molar-refractivity contribution < 1.29 is 9.90 Å². The van der Waals surface area contributed by atoms with Crippen LogP contribution in [0.25, 0.3) is 10.8 Å². The van der Waals surface area contributed by atoms with E-state index in [0.29, 0.717) is 11.8 Å². The number of aromatic hydroxyl groups is 1. The average molecular weight is 287 g/mol. The summed E-state index contributed by atoms with van der Waals surface area (Å²) in [4.78, 5) is 15.0. The van der Waals surface area contributed by atoms with Crippen LogP contribution < -0.4 is 0 Å². The molecular weight excluding hydrogens is 270 g/mol. The standard InChI is InChI=1S/C16H17NO2S/c1-17(11-6-7-11)16(19)10-20-15-9-8-14(18)12-4-2-3-5-13(12)15/h2-5,8-9,11,18H,6-7,10H2,1H3. The maximum absolute atomic E-state index is 12.1.